The number of H-pyrrole nitrogens is 1. The van der Waals surface area contributed by atoms with E-state index in [4.69, 9.17) is 0 Å². The third kappa shape index (κ3) is 3.03. The monoisotopic (exact) mass is 309 g/mol. The maximum Gasteiger partial charge on any atom is 0.252 e. The van der Waals surface area contributed by atoms with E-state index in [-0.39, 0.29) is 18.3 Å². The first-order valence-corrected chi connectivity index (χ1v) is 7.95. The lowest BCUT2D eigenvalue weighted by atomic mass is 9.96. The Kier molecular flexibility index (Phi) is 3.86. The number of amides is 1. The molecule has 0 radical (unpaired) electrons. The number of halogens is 1. The number of hydrogen-bond acceptors (Lipinski definition) is 4. The van der Waals surface area contributed by atoms with Crippen LogP contribution in [0.15, 0.2) is 18.2 Å². The van der Waals surface area contributed by atoms with Crippen LogP contribution in [0.1, 0.15) is 18.7 Å². The fraction of sp³-hybridized carbons (Fsp3) is 0.429. The van der Waals surface area contributed by atoms with E-state index in [0.29, 0.717) is 29.7 Å². The van der Waals surface area contributed by atoms with Crippen molar-refractivity contribution in [3.05, 3.63) is 29.8 Å². The van der Waals surface area contributed by atoms with E-state index >= 15 is 0 Å². The van der Waals surface area contributed by atoms with Gasteiger partial charge in [0.15, 0.2) is 0 Å². The van der Waals surface area contributed by atoms with Gasteiger partial charge in [-0.05, 0) is 42.5 Å². The minimum absolute atomic E-state index is 0.185. The SMILES string of the molecule is O=C(NCc1nc2ccc(F)cc2[nH]1)C1(O)CCSCC1. The minimum atomic E-state index is -1.27. The molecule has 0 bridgehead atoms. The third-order valence-corrected chi connectivity index (χ3v) is 4.64. The van der Waals surface area contributed by atoms with E-state index in [1.807, 2.05) is 0 Å². The molecular formula is C14H16FN3O2S. The summed E-state index contributed by atoms with van der Waals surface area (Å²) in [5.74, 6) is 1.41. The van der Waals surface area contributed by atoms with E-state index in [1.165, 1.54) is 12.1 Å². The largest absolute Gasteiger partial charge is 0.380 e. The highest BCUT2D eigenvalue weighted by atomic mass is 32.2. The van der Waals surface area contributed by atoms with Crippen molar-refractivity contribution >= 4 is 28.7 Å². The predicted octanol–water partition coefficient (Wildman–Crippen LogP) is 1.58. The molecule has 1 aromatic heterocycles. The highest BCUT2D eigenvalue weighted by molar-refractivity contribution is 7.99. The zero-order chi connectivity index (χ0) is 14.9. The number of hydrogen-bond donors (Lipinski definition) is 3. The summed E-state index contributed by atoms with van der Waals surface area (Å²) in [4.78, 5) is 19.3. The Labute approximate surface area is 125 Å². The first-order valence-electron chi connectivity index (χ1n) is 6.79. The molecule has 1 fully saturated rings. The maximum atomic E-state index is 13.1. The summed E-state index contributed by atoms with van der Waals surface area (Å²) in [5.41, 5.74) is -0.0379. The van der Waals surface area contributed by atoms with Gasteiger partial charge in [-0.2, -0.15) is 11.8 Å². The van der Waals surface area contributed by atoms with Crippen molar-refractivity contribution < 1.29 is 14.3 Å². The van der Waals surface area contributed by atoms with Crippen LogP contribution in [-0.4, -0.2) is 38.1 Å². The Bertz CT molecular complexity index is 667. The van der Waals surface area contributed by atoms with Gasteiger partial charge in [0, 0.05) is 0 Å². The lowest BCUT2D eigenvalue weighted by Crippen LogP contribution is -2.48. The Morgan fingerprint density at radius 2 is 2.24 bits per heavy atom. The first-order chi connectivity index (χ1) is 10.1. The number of aromatic nitrogens is 2. The number of imidazole rings is 1. The second kappa shape index (κ2) is 5.65. The first kappa shape index (κ1) is 14.3. The number of thioether (sulfide) groups is 1. The van der Waals surface area contributed by atoms with Crippen molar-refractivity contribution in [1.29, 1.82) is 0 Å². The molecule has 1 aliphatic heterocycles. The van der Waals surface area contributed by atoms with Gasteiger partial charge in [0.1, 0.15) is 17.2 Å². The molecular weight excluding hydrogens is 293 g/mol. The zero-order valence-corrected chi connectivity index (χ0v) is 12.2. The molecule has 1 aliphatic rings. The molecule has 1 saturated heterocycles. The van der Waals surface area contributed by atoms with E-state index in [1.54, 1.807) is 17.8 Å². The van der Waals surface area contributed by atoms with Gasteiger partial charge < -0.3 is 15.4 Å². The molecule has 5 nitrogen and oxygen atoms in total. The summed E-state index contributed by atoms with van der Waals surface area (Å²) in [7, 11) is 0. The summed E-state index contributed by atoms with van der Waals surface area (Å²) >= 11 is 1.74. The molecule has 112 valence electrons. The van der Waals surface area contributed by atoms with Crippen molar-refractivity contribution in [3.63, 3.8) is 0 Å². The average Bonchev–Trinajstić information content (AvgIpc) is 2.87. The Hall–Kier alpha value is -1.60. The van der Waals surface area contributed by atoms with Crippen LogP contribution in [0.25, 0.3) is 11.0 Å². The number of rotatable bonds is 3. The summed E-state index contributed by atoms with van der Waals surface area (Å²) in [6.07, 6.45) is 0.934. The molecule has 2 heterocycles. The Morgan fingerprint density at radius 1 is 1.48 bits per heavy atom. The van der Waals surface area contributed by atoms with Gasteiger partial charge in [-0.1, -0.05) is 0 Å². The van der Waals surface area contributed by atoms with E-state index in [2.05, 4.69) is 15.3 Å². The van der Waals surface area contributed by atoms with Crippen LogP contribution in [0, 0.1) is 5.82 Å². The van der Waals surface area contributed by atoms with Crippen molar-refractivity contribution in [2.75, 3.05) is 11.5 Å². The summed E-state index contributed by atoms with van der Waals surface area (Å²) in [6, 6.07) is 4.28. The van der Waals surface area contributed by atoms with Crippen LogP contribution in [0.5, 0.6) is 0 Å². The molecule has 3 N–H and O–H groups in total. The maximum absolute atomic E-state index is 13.1. The number of benzene rings is 1. The molecule has 0 unspecified atom stereocenters. The summed E-state index contributed by atoms with van der Waals surface area (Å²) in [5, 5.41) is 13.0. The smallest absolute Gasteiger partial charge is 0.252 e. The molecule has 0 atom stereocenters. The topological polar surface area (TPSA) is 78.0 Å². The van der Waals surface area contributed by atoms with Gasteiger partial charge in [0.05, 0.1) is 17.6 Å². The standard InChI is InChI=1S/C14H16FN3O2S/c15-9-1-2-10-11(7-9)18-12(17-10)8-16-13(19)14(20)3-5-21-6-4-14/h1-2,7,20H,3-6,8H2,(H,16,19)(H,17,18). The molecule has 0 saturated carbocycles. The lowest BCUT2D eigenvalue weighted by Gasteiger charge is -2.30. The van der Waals surface area contributed by atoms with Gasteiger partial charge in [0.2, 0.25) is 0 Å². The van der Waals surface area contributed by atoms with Crippen LogP contribution < -0.4 is 5.32 Å². The number of carbonyl (C=O) groups is 1. The lowest BCUT2D eigenvalue weighted by molar-refractivity contribution is -0.140. The highest BCUT2D eigenvalue weighted by Gasteiger charge is 2.37. The van der Waals surface area contributed by atoms with Crippen molar-refractivity contribution in [2.24, 2.45) is 0 Å². The fourth-order valence-electron chi connectivity index (χ4n) is 2.38. The number of aliphatic hydroxyl groups is 1. The second-order valence-electron chi connectivity index (χ2n) is 5.17. The Balaban J connectivity index is 1.67. The minimum Gasteiger partial charge on any atom is -0.380 e. The molecule has 7 heteroatoms. The molecule has 21 heavy (non-hydrogen) atoms. The third-order valence-electron chi connectivity index (χ3n) is 3.65. The predicted molar refractivity (Wildman–Crippen MR) is 79.4 cm³/mol. The quantitative estimate of drug-likeness (QED) is 0.804. The second-order valence-corrected chi connectivity index (χ2v) is 6.40. The van der Waals surface area contributed by atoms with Crippen molar-refractivity contribution in [1.82, 2.24) is 15.3 Å². The number of nitrogens with one attached hydrogen (secondary N) is 2. The van der Waals surface area contributed by atoms with Gasteiger partial charge in [-0.15, -0.1) is 0 Å². The zero-order valence-electron chi connectivity index (χ0n) is 11.4. The molecule has 1 amide bonds. The number of aromatic amines is 1. The van der Waals surface area contributed by atoms with Crippen molar-refractivity contribution in [2.45, 2.75) is 25.0 Å². The number of fused-ring (bicyclic) bond motifs is 1. The molecule has 1 aromatic carbocycles. The normalized spacial score (nSPS) is 17.8. The van der Waals surface area contributed by atoms with Crippen molar-refractivity contribution in [3.8, 4) is 0 Å². The van der Waals surface area contributed by atoms with Gasteiger partial charge in [0.25, 0.3) is 5.91 Å². The van der Waals surface area contributed by atoms with Crippen LogP contribution in [-0.2, 0) is 11.3 Å². The van der Waals surface area contributed by atoms with E-state index in [0.717, 1.165) is 11.5 Å². The van der Waals surface area contributed by atoms with E-state index in [9.17, 15) is 14.3 Å². The summed E-state index contributed by atoms with van der Waals surface area (Å²) < 4.78 is 13.1. The van der Waals surface area contributed by atoms with Gasteiger partial charge in [-0.3, -0.25) is 4.79 Å². The van der Waals surface area contributed by atoms with Crippen LogP contribution >= 0.6 is 11.8 Å². The number of carbonyl (C=O) groups excluding carboxylic acids is 1. The number of nitrogens with zero attached hydrogens (tertiary/aromatic N) is 1. The highest BCUT2D eigenvalue weighted by Crippen LogP contribution is 2.27. The van der Waals surface area contributed by atoms with Gasteiger partial charge in [-0.25, -0.2) is 9.37 Å². The molecule has 2 aromatic rings. The molecule has 0 aliphatic carbocycles. The van der Waals surface area contributed by atoms with Crippen LogP contribution in [0.3, 0.4) is 0 Å². The average molecular weight is 309 g/mol. The van der Waals surface area contributed by atoms with Crippen LogP contribution in [0.4, 0.5) is 4.39 Å². The molecule has 3 rings (SSSR count). The van der Waals surface area contributed by atoms with Gasteiger partial charge >= 0.3 is 0 Å². The van der Waals surface area contributed by atoms with Crippen LogP contribution in [0.2, 0.25) is 0 Å². The summed E-state index contributed by atoms with van der Waals surface area (Å²) in [6.45, 7) is 0.185. The Morgan fingerprint density at radius 3 is 3.00 bits per heavy atom. The van der Waals surface area contributed by atoms with E-state index < -0.39 is 5.60 Å². The molecule has 0 spiro atoms. The fourth-order valence-corrected chi connectivity index (χ4v) is 3.55.